The number of nitrogens with zero attached hydrogens (tertiary/aromatic N) is 1. The Labute approximate surface area is 114 Å². The highest BCUT2D eigenvalue weighted by molar-refractivity contribution is 5.79. The fourth-order valence-corrected chi connectivity index (χ4v) is 1.61. The van der Waals surface area contributed by atoms with Gasteiger partial charge < -0.3 is 4.84 Å². The molecule has 20 heavy (non-hydrogen) atoms. The van der Waals surface area contributed by atoms with Gasteiger partial charge in [-0.3, -0.25) is 0 Å². The first kappa shape index (κ1) is 14.1. The van der Waals surface area contributed by atoms with Crippen molar-refractivity contribution in [1.82, 2.24) is 0 Å². The van der Waals surface area contributed by atoms with Gasteiger partial charge in [-0.15, -0.1) is 0 Å². The number of hydrogen-bond donors (Lipinski definition) is 0. The monoisotopic (exact) mass is 279 g/mol. The molecule has 2 aromatic carbocycles. The summed E-state index contributed by atoms with van der Waals surface area (Å²) in [6, 6.07) is 11.8. The van der Waals surface area contributed by atoms with Crippen LogP contribution in [0.2, 0.25) is 0 Å². The van der Waals surface area contributed by atoms with Gasteiger partial charge in [0.1, 0.15) is 12.4 Å². The van der Waals surface area contributed by atoms with Gasteiger partial charge in [0, 0.05) is 5.56 Å². The number of rotatable bonds is 5. The minimum Gasteiger partial charge on any atom is -0.391 e. The number of halogens is 3. The van der Waals surface area contributed by atoms with E-state index in [9.17, 15) is 13.2 Å². The third-order valence-corrected chi connectivity index (χ3v) is 2.56. The molecular weight excluding hydrogens is 267 g/mol. The van der Waals surface area contributed by atoms with Gasteiger partial charge in [0.2, 0.25) is 0 Å². The molecule has 0 aromatic heterocycles. The molecule has 0 heterocycles. The molecule has 0 unspecified atom stereocenters. The number of hydrogen-bond acceptors (Lipinski definition) is 2. The first-order valence-corrected chi connectivity index (χ1v) is 5.93. The molecular formula is C15H12F3NO. The minimum atomic E-state index is -2.52. The molecule has 0 bridgehead atoms. The van der Waals surface area contributed by atoms with Gasteiger partial charge in [-0.25, -0.2) is 13.2 Å². The van der Waals surface area contributed by atoms with E-state index in [0.29, 0.717) is 11.1 Å². The highest BCUT2D eigenvalue weighted by atomic mass is 19.3. The Morgan fingerprint density at radius 1 is 1.10 bits per heavy atom. The van der Waals surface area contributed by atoms with Gasteiger partial charge in [-0.1, -0.05) is 35.5 Å². The van der Waals surface area contributed by atoms with Crippen LogP contribution in [-0.2, 0) is 11.4 Å². The molecule has 0 atom stereocenters. The molecule has 2 nitrogen and oxygen atoms in total. The van der Waals surface area contributed by atoms with Gasteiger partial charge in [0.05, 0.1) is 6.21 Å². The molecule has 0 saturated heterocycles. The zero-order valence-corrected chi connectivity index (χ0v) is 10.5. The molecule has 0 radical (unpaired) electrons. The van der Waals surface area contributed by atoms with Crippen LogP contribution in [-0.4, -0.2) is 6.21 Å². The Kier molecular flexibility index (Phi) is 4.76. The first-order valence-electron chi connectivity index (χ1n) is 5.93. The number of benzene rings is 2. The molecule has 0 spiro atoms. The van der Waals surface area contributed by atoms with Crippen LogP contribution in [0, 0.1) is 5.82 Å². The molecule has 104 valence electrons. The van der Waals surface area contributed by atoms with E-state index in [2.05, 4.69) is 5.16 Å². The summed E-state index contributed by atoms with van der Waals surface area (Å²) in [5, 5.41) is 3.67. The lowest BCUT2D eigenvalue weighted by molar-refractivity contribution is 0.132. The Morgan fingerprint density at radius 2 is 1.90 bits per heavy atom. The molecule has 0 aliphatic heterocycles. The van der Waals surface area contributed by atoms with Gasteiger partial charge in [-0.05, 0) is 29.3 Å². The molecule has 0 saturated carbocycles. The smallest absolute Gasteiger partial charge is 0.263 e. The lowest BCUT2D eigenvalue weighted by atomic mass is 10.1. The van der Waals surface area contributed by atoms with Gasteiger partial charge in [0.25, 0.3) is 6.43 Å². The van der Waals surface area contributed by atoms with Crippen LogP contribution in [0.15, 0.2) is 53.7 Å². The Morgan fingerprint density at radius 3 is 2.65 bits per heavy atom. The third kappa shape index (κ3) is 4.12. The van der Waals surface area contributed by atoms with E-state index in [0.717, 1.165) is 0 Å². The second-order valence-corrected chi connectivity index (χ2v) is 4.11. The first-order chi connectivity index (χ1) is 9.65. The minimum absolute atomic E-state index is 0.0703. The van der Waals surface area contributed by atoms with Crippen molar-refractivity contribution >= 4 is 6.21 Å². The van der Waals surface area contributed by atoms with E-state index in [1.54, 1.807) is 18.2 Å². The maximum Gasteiger partial charge on any atom is 0.263 e. The van der Waals surface area contributed by atoms with Crippen LogP contribution in [0.5, 0.6) is 0 Å². The highest BCUT2D eigenvalue weighted by Gasteiger charge is 2.05. The maximum absolute atomic E-state index is 12.9. The summed E-state index contributed by atoms with van der Waals surface area (Å²) < 4.78 is 37.9. The second kappa shape index (κ2) is 6.75. The average molecular weight is 279 g/mol. The molecule has 0 fully saturated rings. The quantitative estimate of drug-likeness (QED) is 0.590. The predicted molar refractivity (Wildman–Crippen MR) is 70.2 cm³/mol. The van der Waals surface area contributed by atoms with Crippen molar-refractivity contribution in [1.29, 1.82) is 0 Å². The van der Waals surface area contributed by atoms with E-state index in [1.165, 1.54) is 36.5 Å². The van der Waals surface area contributed by atoms with Crippen molar-refractivity contribution in [2.24, 2.45) is 5.16 Å². The molecule has 0 aliphatic carbocycles. The van der Waals surface area contributed by atoms with Gasteiger partial charge in [-0.2, -0.15) is 0 Å². The van der Waals surface area contributed by atoms with Crippen LogP contribution in [0.4, 0.5) is 13.2 Å². The van der Waals surface area contributed by atoms with Gasteiger partial charge >= 0.3 is 0 Å². The lowest BCUT2D eigenvalue weighted by Gasteiger charge is -2.01. The van der Waals surface area contributed by atoms with E-state index in [1.807, 2.05) is 0 Å². The topological polar surface area (TPSA) is 21.6 Å². The van der Waals surface area contributed by atoms with E-state index in [-0.39, 0.29) is 18.0 Å². The lowest BCUT2D eigenvalue weighted by Crippen LogP contribution is -1.90. The van der Waals surface area contributed by atoms with Crippen LogP contribution in [0.1, 0.15) is 23.1 Å². The molecule has 0 amide bonds. The summed E-state index contributed by atoms with van der Waals surface area (Å²) in [5.41, 5.74) is 1.09. The summed E-state index contributed by atoms with van der Waals surface area (Å²) in [4.78, 5) is 4.99. The largest absolute Gasteiger partial charge is 0.391 e. The summed E-state index contributed by atoms with van der Waals surface area (Å²) >= 11 is 0. The van der Waals surface area contributed by atoms with Crippen molar-refractivity contribution in [3.05, 3.63) is 71.0 Å². The van der Waals surface area contributed by atoms with E-state index in [4.69, 9.17) is 4.84 Å². The van der Waals surface area contributed by atoms with Crippen molar-refractivity contribution < 1.29 is 18.0 Å². The van der Waals surface area contributed by atoms with E-state index < -0.39 is 6.43 Å². The van der Waals surface area contributed by atoms with Crippen LogP contribution < -0.4 is 0 Å². The zero-order valence-electron chi connectivity index (χ0n) is 10.5. The molecule has 5 heteroatoms. The molecule has 0 aliphatic rings. The standard InChI is InChI=1S/C15H12F3NO/c16-14-6-2-4-12(8-14)10-20-19-9-11-3-1-5-13(7-11)15(17)18/h1-9,15H,10H2. The maximum atomic E-state index is 12.9. The predicted octanol–water partition coefficient (Wildman–Crippen LogP) is 4.31. The van der Waals surface area contributed by atoms with Crippen LogP contribution >= 0.6 is 0 Å². The van der Waals surface area contributed by atoms with Crippen molar-refractivity contribution in [2.75, 3.05) is 0 Å². The molecule has 0 N–H and O–H groups in total. The van der Waals surface area contributed by atoms with Crippen LogP contribution in [0.25, 0.3) is 0 Å². The summed E-state index contributed by atoms with van der Waals surface area (Å²) in [6.07, 6.45) is -1.18. The van der Waals surface area contributed by atoms with Gasteiger partial charge in [0.15, 0.2) is 0 Å². The summed E-state index contributed by atoms with van der Waals surface area (Å²) in [7, 11) is 0. The molecule has 2 aromatic rings. The summed E-state index contributed by atoms with van der Waals surface area (Å²) in [5.74, 6) is -0.347. The van der Waals surface area contributed by atoms with Crippen molar-refractivity contribution in [2.45, 2.75) is 13.0 Å². The van der Waals surface area contributed by atoms with E-state index >= 15 is 0 Å². The normalized spacial score (nSPS) is 11.2. The number of alkyl halides is 2. The molecule has 2 rings (SSSR count). The Hall–Kier alpha value is -2.30. The Balaban J connectivity index is 1.92. The highest BCUT2D eigenvalue weighted by Crippen LogP contribution is 2.18. The second-order valence-electron chi connectivity index (χ2n) is 4.11. The third-order valence-electron chi connectivity index (χ3n) is 2.56. The van der Waals surface area contributed by atoms with Crippen molar-refractivity contribution in [3.8, 4) is 0 Å². The number of oxime groups is 1. The van der Waals surface area contributed by atoms with Crippen LogP contribution in [0.3, 0.4) is 0 Å². The fourth-order valence-electron chi connectivity index (χ4n) is 1.61. The Bertz CT molecular complexity index is 599. The van der Waals surface area contributed by atoms with Crippen molar-refractivity contribution in [3.63, 3.8) is 0 Å². The SMILES string of the molecule is Fc1cccc(CON=Cc2cccc(C(F)F)c2)c1. The summed E-state index contributed by atoms with van der Waals surface area (Å²) in [6.45, 7) is 0.114. The zero-order chi connectivity index (χ0) is 14.4. The fraction of sp³-hybridized carbons (Fsp3) is 0.133. The average Bonchev–Trinajstić information content (AvgIpc) is 2.44.